The maximum Gasteiger partial charge on any atom is 0.348 e. The van der Waals surface area contributed by atoms with E-state index < -0.39 is 5.97 Å². The Morgan fingerprint density at radius 2 is 2.03 bits per heavy atom. The molecule has 4 heterocycles. The summed E-state index contributed by atoms with van der Waals surface area (Å²) in [5.41, 5.74) is 2.28. The summed E-state index contributed by atoms with van der Waals surface area (Å²) in [4.78, 5) is 30.5. The third-order valence-electron chi connectivity index (χ3n) is 4.77. The normalized spacial score (nSPS) is 11.3. The number of aromatic nitrogens is 4. The van der Waals surface area contributed by atoms with Crippen molar-refractivity contribution in [3.05, 3.63) is 92.4 Å². The molecular formula is C22H15ClN4O3S. The minimum absolute atomic E-state index is 0.0902. The molecule has 0 aliphatic rings. The van der Waals surface area contributed by atoms with Crippen molar-refractivity contribution in [1.82, 2.24) is 19.2 Å². The first-order valence-electron chi connectivity index (χ1n) is 9.39. The second-order valence-corrected chi connectivity index (χ2v) is 8.36. The number of hydrogen-bond acceptors (Lipinski definition) is 6. The average molecular weight is 451 g/mol. The van der Waals surface area contributed by atoms with Gasteiger partial charge in [0.2, 0.25) is 0 Å². The summed E-state index contributed by atoms with van der Waals surface area (Å²) < 4.78 is 8.63. The van der Waals surface area contributed by atoms with Crippen molar-refractivity contribution in [1.29, 1.82) is 0 Å². The van der Waals surface area contributed by atoms with E-state index in [-0.39, 0.29) is 12.2 Å². The first-order valence-corrected chi connectivity index (χ1v) is 10.6. The summed E-state index contributed by atoms with van der Waals surface area (Å²) in [6.07, 6.45) is 1.64. The molecule has 0 fully saturated rings. The van der Waals surface area contributed by atoms with Gasteiger partial charge in [0.25, 0.3) is 5.56 Å². The Morgan fingerprint density at radius 3 is 2.87 bits per heavy atom. The van der Waals surface area contributed by atoms with Crippen LogP contribution in [0.3, 0.4) is 0 Å². The first kappa shape index (κ1) is 19.5. The smallest absolute Gasteiger partial charge is 0.348 e. The average Bonchev–Trinajstić information content (AvgIpc) is 3.33. The van der Waals surface area contributed by atoms with Gasteiger partial charge in [-0.2, -0.15) is 5.10 Å². The molecule has 0 bridgehead atoms. The largest absolute Gasteiger partial charge is 0.455 e. The number of rotatable bonds is 4. The van der Waals surface area contributed by atoms with E-state index in [2.05, 4.69) is 10.1 Å². The van der Waals surface area contributed by atoms with Crippen LogP contribution >= 0.6 is 22.9 Å². The van der Waals surface area contributed by atoms with Gasteiger partial charge in [-0.05, 0) is 43.3 Å². The minimum atomic E-state index is -0.478. The SMILES string of the molecule is Cc1nn(-c2cccc(Cl)c2)c2sc(C(=O)OCc3cc(=O)n4ccccc4n3)cc12. The minimum Gasteiger partial charge on any atom is -0.455 e. The van der Waals surface area contributed by atoms with Crippen LogP contribution < -0.4 is 5.56 Å². The molecule has 154 valence electrons. The lowest BCUT2D eigenvalue weighted by molar-refractivity contribution is 0.0473. The number of aryl methyl sites for hydroxylation is 1. The molecule has 0 amide bonds. The molecule has 4 aromatic heterocycles. The highest BCUT2D eigenvalue weighted by Crippen LogP contribution is 2.31. The molecule has 0 atom stereocenters. The van der Waals surface area contributed by atoms with Crippen molar-refractivity contribution in [2.45, 2.75) is 13.5 Å². The Kier molecular flexibility index (Phi) is 4.80. The number of ether oxygens (including phenoxy) is 1. The summed E-state index contributed by atoms with van der Waals surface area (Å²) in [6, 6.07) is 15.8. The predicted molar refractivity (Wildman–Crippen MR) is 119 cm³/mol. The number of esters is 1. The van der Waals surface area contributed by atoms with Crippen LogP contribution in [-0.4, -0.2) is 25.1 Å². The maximum absolute atomic E-state index is 12.7. The van der Waals surface area contributed by atoms with Gasteiger partial charge in [-0.25, -0.2) is 14.5 Å². The van der Waals surface area contributed by atoms with Gasteiger partial charge in [0, 0.05) is 22.7 Å². The topological polar surface area (TPSA) is 78.5 Å². The molecule has 5 rings (SSSR count). The summed E-state index contributed by atoms with van der Waals surface area (Å²) >= 11 is 7.40. The third kappa shape index (κ3) is 3.60. The fourth-order valence-corrected chi connectivity index (χ4v) is 4.58. The molecule has 9 heteroatoms. The van der Waals surface area contributed by atoms with Gasteiger partial charge in [0.15, 0.2) is 0 Å². The Labute approximate surface area is 185 Å². The number of thiophene rings is 1. The van der Waals surface area contributed by atoms with E-state index >= 15 is 0 Å². The van der Waals surface area contributed by atoms with Crippen molar-refractivity contribution in [3.63, 3.8) is 0 Å². The van der Waals surface area contributed by atoms with Crippen molar-refractivity contribution >= 4 is 44.8 Å². The zero-order chi connectivity index (χ0) is 21.5. The lowest BCUT2D eigenvalue weighted by Gasteiger charge is -2.05. The fraction of sp³-hybridized carbons (Fsp3) is 0.0909. The number of halogens is 1. The molecule has 0 spiro atoms. The van der Waals surface area contributed by atoms with Crippen molar-refractivity contribution < 1.29 is 9.53 Å². The summed E-state index contributed by atoms with van der Waals surface area (Å²) in [5.74, 6) is -0.478. The van der Waals surface area contributed by atoms with Crippen LogP contribution in [0.25, 0.3) is 21.6 Å². The molecule has 31 heavy (non-hydrogen) atoms. The highest BCUT2D eigenvalue weighted by atomic mass is 35.5. The van der Waals surface area contributed by atoms with Crippen LogP contribution in [0.4, 0.5) is 0 Å². The number of fused-ring (bicyclic) bond motifs is 2. The second-order valence-electron chi connectivity index (χ2n) is 6.90. The van der Waals surface area contributed by atoms with Gasteiger partial charge in [-0.1, -0.05) is 23.7 Å². The number of carbonyl (C=O) groups is 1. The van der Waals surface area contributed by atoms with E-state index in [0.29, 0.717) is 21.2 Å². The molecule has 7 nitrogen and oxygen atoms in total. The van der Waals surface area contributed by atoms with E-state index in [1.807, 2.05) is 25.1 Å². The number of hydrogen-bond donors (Lipinski definition) is 0. The molecule has 0 saturated carbocycles. The highest BCUT2D eigenvalue weighted by molar-refractivity contribution is 7.20. The molecule has 5 aromatic rings. The lowest BCUT2D eigenvalue weighted by Crippen LogP contribution is -2.16. The van der Waals surface area contributed by atoms with E-state index in [1.165, 1.54) is 21.8 Å². The van der Waals surface area contributed by atoms with Crippen LogP contribution in [0.15, 0.2) is 65.6 Å². The molecule has 0 N–H and O–H groups in total. The van der Waals surface area contributed by atoms with Crippen LogP contribution in [0, 0.1) is 6.92 Å². The number of nitrogens with zero attached hydrogens (tertiary/aromatic N) is 4. The van der Waals surface area contributed by atoms with Crippen LogP contribution in [-0.2, 0) is 11.3 Å². The quantitative estimate of drug-likeness (QED) is 0.379. The molecule has 0 aliphatic carbocycles. The second kappa shape index (κ2) is 7.64. The fourth-order valence-electron chi connectivity index (χ4n) is 3.32. The van der Waals surface area contributed by atoms with Gasteiger partial charge < -0.3 is 4.74 Å². The predicted octanol–water partition coefficient (Wildman–Crippen LogP) is 4.41. The lowest BCUT2D eigenvalue weighted by atomic mass is 10.3. The van der Waals surface area contributed by atoms with Gasteiger partial charge in [-0.15, -0.1) is 11.3 Å². The van der Waals surface area contributed by atoms with Crippen molar-refractivity contribution in [2.75, 3.05) is 0 Å². The van der Waals surface area contributed by atoms with E-state index in [1.54, 1.807) is 41.2 Å². The highest BCUT2D eigenvalue weighted by Gasteiger charge is 2.18. The first-order chi connectivity index (χ1) is 15.0. The summed E-state index contributed by atoms with van der Waals surface area (Å²) in [5, 5.41) is 6.04. The monoisotopic (exact) mass is 450 g/mol. The van der Waals surface area contributed by atoms with E-state index in [9.17, 15) is 9.59 Å². The summed E-state index contributed by atoms with van der Waals surface area (Å²) in [6.45, 7) is 1.80. The molecule has 0 saturated heterocycles. The van der Waals surface area contributed by atoms with E-state index in [4.69, 9.17) is 16.3 Å². The number of carbonyl (C=O) groups excluding carboxylic acids is 1. The zero-order valence-electron chi connectivity index (χ0n) is 16.3. The Bertz CT molecular complexity index is 1520. The van der Waals surface area contributed by atoms with Gasteiger partial charge >= 0.3 is 5.97 Å². The molecule has 0 radical (unpaired) electrons. The Hall–Kier alpha value is -3.49. The van der Waals surface area contributed by atoms with Crippen LogP contribution in [0.1, 0.15) is 21.1 Å². The third-order valence-corrected chi connectivity index (χ3v) is 6.10. The maximum atomic E-state index is 12.7. The molecule has 0 unspecified atom stereocenters. The zero-order valence-corrected chi connectivity index (χ0v) is 17.9. The van der Waals surface area contributed by atoms with Gasteiger partial charge in [0.05, 0.1) is 17.1 Å². The Balaban J connectivity index is 1.42. The van der Waals surface area contributed by atoms with E-state index in [0.717, 1.165) is 21.6 Å². The van der Waals surface area contributed by atoms with Crippen molar-refractivity contribution in [3.8, 4) is 5.69 Å². The van der Waals surface area contributed by atoms with Crippen molar-refractivity contribution in [2.24, 2.45) is 0 Å². The summed E-state index contributed by atoms with van der Waals surface area (Å²) in [7, 11) is 0. The Morgan fingerprint density at radius 1 is 1.16 bits per heavy atom. The van der Waals surface area contributed by atoms with Crippen LogP contribution in [0.2, 0.25) is 5.02 Å². The van der Waals surface area contributed by atoms with Gasteiger partial charge in [-0.3, -0.25) is 9.20 Å². The van der Waals surface area contributed by atoms with Gasteiger partial charge in [0.1, 0.15) is 22.0 Å². The number of benzene rings is 1. The molecule has 0 aliphatic heterocycles. The molecular weight excluding hydrogens is 436 g/mol. The molecule has 1 aromatic carbocycles. The standard InChI is InChI=1S/C22H15ClN4O3S/c1-13-17-11-18(31-21(17)27(25-13)16-6-4-5-14(23)9-16)22(29)30-12-15-10-20(28)26-8-3-2-7-19(26)24-15/h2-11H,12H2,1H3. The number of pyridine rings is 1. The van der Waals surface area contributed by atoms with Crippen LogP contribution in [0.5, 0.6) is 0 Å².